The molecule has 2 amide bonds. The first-order valence-corrected chi connectivity index (χ1v) is 8.75. The van der Waals surface area contributed by atoms with Gasteiger partial charge in [-0.05, 0) is 48.4 Å². The molecule has 2 rings (SSSR count). The maximum absolute atomic E-state index is 13.1. The van der Waals surface area contributed by atoms with Crippen molar-refractivity contribution in [3.63, 3.8) is 0 Å². The lowest BCUT2D eigenvalue weighted by molar-refractivity contribution is -0.141. The summed E-state index contributed by atoms with van der Waals surface area (Å²) in [6.45, 7) is 0.173. The van der Waals surface area contributed by atoms with Gasteiger partial charge in [-0.1, -0.05) is 12.1 Å². The number of rotatable bonds is 10. The van der Waals surface area contributed by atoms with Gasteiger partial charge in [0.1, 0.15) is 17.6 Å². The van der Waals surface area contributed by atoms with E-state index in [1.54, 1.807) is 19.2 Å². The smallest absolute Gasteiger partial charge is 0.305 e. The van der Waals surface area contributed by atoms with E-state index < -0.39 is 30.2 Å². The Balaban J connectivity index is 2.14. The Labute approximate surface area is 167 Å². The molecule has 0 spiro atoms. The van der Waals surface area contributed by atoms with Gasteiger partial charge in [0.25, 0.3) is 5.91 Å². The first kappa shape index (κ1) is 22.0. The zero-order valence-electron chi connectivity index (χ0n) is 15.8. The number of carboxylic acid groups (broad SMARTS) is 1. The van der Waals surface area contributed by atoms with Crippen molar-refractivity contribution in [1.82, 2.24) is 5.01 Å². The van der Waals surface area contributed by atoms with Crippen molar-refractivity contribution in [2.45, 2.75) is 18.9 Å². The second kappa shape index (κ2) is 10.3. The summed E-state index contributed by atoms with van der Waals surface area (Å²) in [7, 11) is 1.55. The number of methoxy groups -OCH3 is 1. The average Bonchev–Trinajstić information content (AvgIpc) is 2.72. The Hall–Kier alpha value is -3.30. The van der Waals surface area contributed by atoms with Gasteiger partial charge in [0.15, 0.2) is 0 Å². The van der Waals surface area contributed by atoms with E-state index in [-0.39, 0.29) is 18.6 Å². The first-order chi connectivity index (χ1) is 13.8. The van der Waals surface area contributed by atoms with Gasteiger partial charge in [0, 0.05) is 6.54 Å². The Morgan fingerprint density at radius 2 is 1.79 bits per heavy atom. The SMILES string of the molecule is COc1ccc(CCN(N)C(CC(=O)O)C(=O)N(C=O)c2ccc(F)cc2)cc1. The van der Waals surface area contributed by atoms with Crippen molar-refractivity contribution in [2.75, 3.05) is 18.6 Å². The molecule has 8 nitrogen and oxygen atoms in total. The minimum atomic E-state index is -1.28. The molecule has 0 aliphatic heterocycles. The second-order valence-electron chi connectivity index (χ2n) is 6.24. The molecule has 0 fully saturated rings. The maximum atomic E-state index is 13.1. The molecule has 3 N–H and O–H groups in total. The Morgan fingerprint density at radius 1 is 1.17 bits per heavy atom. The minimum absolute atomic E-state index is 0.116. The second-order valence-corrected chi connectivity index (χ2v) is 6.24. The van der Waals surface area contributed by atoms with Crippen LogP contribution in [-0.4, -0.2) is 48.1 Å². The van der Waals surface area contributed by atoms with Gasteiger partial charge in [-0.3, -0.25) is 25.1 Å². The molecule has 29 heavy (non-hydrogen) atoms. The number of hydrazine groups is 1. The van der Waals surface area contributed by atoms with Crippen molar-refractivity contribution < 1.29 is 28.6 Å². The standard InChI is InChI=1S/C20H22FN3O5/c1-29-17-8-2-14(3-9-17)10-11-24(22)18(12-19(26)27)20(28)23(13-25)16-6-4-15(21)5-7-16/h2-9,13,18H,10-12,22H2,1H3,(H,26,27). The predicted octanol–water partition coefficient (Wildman–Crippen LogP) is 1.59. The van der Waals surface area contributed by atoms with Crippen LogP contribution in [0.15, 0.2) is 48.5 Å². The fourth-order valence-corrected chi connectivity index (χ4v) is 2.72. The largest absolute Gasteiger partial charge is 0.497 e. The van der Waals surface area contributed by atoms with Crippen LogP contribution in [0.3, 0.4) is 0 Å². The van der Waals surface area contributed by atoms with Crippen molar-refractivity contribution in [3.05, 3.63) is 59.9 Å². The number of imide groups is 1. The zero-order valence-corrected chi connectivity index (χ0v) is 15.8. The number of carbonyl (C=O) groups excluding carboxylic acids is 2. The van der Waals surface area contributed by atoms with Crippen LogP contribution in [0.5, 0.6) is 5.75 Å². The van der Waals surface area contributed by atoms with E-state index in [1.807, 2.05) is 12.1 Å². The van der Waals surface area contributed by atoms with Crippen LogP contribution in [0.25, 0.3) is 0 Å². The lowest BCUT2D eigenvalue weighted by Crippen LogP contribution is -2.53. The molecule has 0 radical (unpaired) electrons. The molecule has 9 heteroatoms. The summed E-state index contributed by atoms with van der Waals surface area (Å²) >= 11 is 0. The fraction of sp³-hybridized carbons (Fsp3) is 0.250. The summed E-state index contributed by atoms with van der Waals surface area (Å²) in [6.07, 6.45) is 0.104. The van der Waals surface area contributed by atoms with Gasteiger partial charge in [0.2, 0.25) is 6.41 Å². The van der Waals surface area contributed by atoms with Gasteiger partial charge in [-0.15, -0.1) is 0 Å². The minimum Gasteiger partial charge on any atom is -0.497 e. The molecule has 154 valence electrons. The average molecular weight is 403 g/mol. The number of amides is 2. The van der Waals surface area contributed by atoms with Crippen molar-refractivity contribution in [2.24, 2.45) is 5.84 Å². The summed E-state index contributed by atoms with van der Waals surface area (Å²) < 4.78 is 18.2. The number of benzene rings is 2. The highest BCUT2D eigenvalue weighted by Crippen LogP contribution is 2.17. The van der Waals surface area contributed by atoms with E-state index in [2.05, 4.69) is 0 Å². The molecule has 0 aliphatic carbocycles. The van der Waals surface area contributed by atoms with E-state index in [0.717, 1.165) is 27.6 Å². The number of hydrogen-bond acceptors (Lipinski definition) is 6. The molecule has 1 unspecified atom stereocenters. The van der Waals surface area contributed by atoms with E-state index in [1.165, 1.54) is 12.1 Å². The quantitative estimate of drug-likeness (QED) is 0.352. The number of nitrogens with two attached hydrogens (primary N) is 1. The summed E-state index contributed by atoms with van der Waals surface area (Å²) in [5.41, 5.74) is 1.03. The number of halogens is 1. The van der Waals surface area contributed by atoms with Crippen molar-refractivity contribution >= 4 is 24.0 Å². The van der Waals surface area contributed by atoms with E-state index in [9.17, 15) is 23.9 Å². The molecule has 0 heterocycles. The fourth-order valence-electron chi connectivity index (χ4n) is 2.72. The lowest BCUT2D eigenvalue weighted by Gasteiger charge is -2.28. The first-order valence-electron chi connectivity index (χ1n) is 8.75. The van der Waals surface area contributed by atoms with Crippen LogP contribution in [0.2, 0.25) is 0 Å². The third-order valence-electron chi connectivity index (χ3n) is 4.32. The number of nitrogens with zero attached hydrogens (tertiary/aromatic N) is 2. The Bertz CT molecular complexity index is 842. The molecule has 0 aliphatic rings. The van der Waals surface area contributed by atoms with Crippen LogP contribution in [0.4, 0.5) is 10.1 Å². The maximum Gasteiger partial charge on any atom is 0.305 e. The number of hydrogen-bond donors (Lipinski definition) is 2. The number of anilines is 1. The highest BCUT2D eigenvalue weighted by Gasteiger charge is 2.31. The molecule has 0 bridgehead atoms. The van der Waals surface area contributed by atoms with Crippen LogP contribution < -0.4 is 15.5 Å². The van der Waals surface area contributed by atoms with E-state index >= 15 is 0 Å². The third-order valence-corrected chi connectivity index (χ3v) is 4.32. The van der Waals surface area contributed by atoms with E-state index in [0.29, 0.717) is 12.2 Å². The number of aliphatic carboxylic acids is 1. The van der Waals surface area contributed by atoms with Gasteiger partial charge < -0.3 is 9.84 Å². The molecule has 1 atom stereocenters. The van der Waals surface area contributed by atoms with Gasteiger partial charge in [-0.2, -0.15) is 0 Å². The van der Waals surface area contributed by atoms with Crippen LogP contribution >= 0.6 is 0 Å². The number of carboxylic acids is 1. The summed E-state index contributed by atoms with van der Waals surface area (Å²) in [5.74, 6) is 4.09. The molecule has 2 aromatic carbocycles. The molecular formula is C20H22FN3O5. The molecule has 0 aromatic heterocycles. The van der Waals surface area contributed by atoms with Gasteiger partial charge >= 0.3 is 5.97 Å². The Kier molecular flexibility index (Phi) is 7.81. The lowest BCUT2D eigenvalue weighted by atomic mass is 10.1. The molecule has 0 saturated heterocycles. The Morgan fingerprint density at radius 3 is 2.31 bits per heavy atom. The predicted molar refractivity (Wildman–Crippen MR) is 104 cm³/mol. The van der Waals surface area contributed by atoms with Crippen LogP contribution in [-0.2, 0) is 20.8 Å². The van der Waals surface area contributed by atoms with Crippen molar-refractivity contribution in [3.8, 4) is 5.75 Å². The number of ether oxygens (including phenoxy) is 1. The van der Waals surface area contributed by atoms with Crippen LogP contribution in [0, 0.1) is 5.82 Å². The van der Waals surface area contributed by atoms with E-state index in [4.69, 9.17) is 10.6 Å². The summed E-state index contributed by atoms with van der Waals surface area (Å²) in [4.78, 5) is 36.3. The monoisotopic (exact) mass is 403 g/mol. The molecule has 2 aromatic rings. The normalized spacial score (nSPS) is 11.7. The van der Waals surface area contributed by atoms with Crippen molar-refractivity contribution in [1.29, 1.82) is 0 Å². The molecule has 0 saturated carbocycles. The number of carbonyl (C=O) groups is 3. The van der Waals surface area contributed by atoms with Gasteiger partial charge in [-0.25, -0.2) is 9.40 Å². The highest BCUT2D eigenvalue weighted by molar-refractivity contribution is 6.10. The summed E-state index contributed by atoms with van der Waals surface area (Å²) in [5, 5.41) is 10.3. The van der Waals surface area contributed by atoms with Gasteiger partial charge in [0.05, 0.1) is 19.2 Å². The topological polar surface area (TPSA) is 113 Å². The van der Waals surface area contributed by atoms with Crippen LogP contribution in [0.1, 0.15) is 12.0 Å². The molecular weight excluding hydrogens is 381 g/mol. The summed E-state index contributed by atoms with van der Waals surface area (Å²) in [6, 6.07) is 10.6. The third kappa shape index (κ3) is 6.09. The zero-order chi connectivity index (χ0) is 21.4. The highest BCUT2D eigenvalue weighted by atomic mass is 19.1.